The van der Waals surface area contributed by atoms with Crippen molar-refractivity contribution < 1.29 is 19.8 Å². The maximum Gasteiger partial charge on any atom is 0.317 e. The van der Waals surface area contributed by atoms with Gasteiger partial charge >= 0.3 is 12.0 Å². The molecule has 6 heteroatoms. The summed E-state index contributed by atoms with van der Waals surface area (Å²) in [6.07, 6.45) is 2.34. The Morgan fingerprint density at radius 1 is 1.26 bits per heavy atom. The van der Waals surface area contributed by atoms with Gasteiger partial charge < -0.3 is 20.4 Å². The lowest BCUT2D eigenvalue weighted by atomic mass is 9.76. The zero-order chi connectivity index (χ0) is 16.7. The minimum atomic E-state index is -0.933. The number of benzene rings is 1. The number of nitrogens with zero attached hydrogens (tertiary/aromatic N) is 1. The Kier molecular flexibility index (Phi) is 5.98. The highest BCUT2D eigenvalue weighted by atomic mass is 16.4. The number of hydrogen-bond acceptors (Lipinski definition) is 3. The highest BCUT2D eigenvalue weighted by Crippen LogP contribution is 2.33. The molecule has 0 spiro atoms. The van der Waals surface area contributed by atoms with Crippen LogP contribution in [0.5, 0.6) is 0 Å². The summed E-state index contributed by atoms with van der Waals surface area (Å²) in [4.78, 5) is 24.4. The smallest absolute Gasteiger partial charge is 0.317 e. The Bertz CT molecular complexity index is 535. The van der Waals surface area contributed by atoms with E-state index in [1.54, 1.807) is 4.90 Å². The first-order chi connectivity index (χ1) is 11.0. The van der Waals surface area contributed by atoms with Gasteiger partial charge in [0.05, 0.1) is 13.0 Å². The molecule has 23 heavy (non-hydrogen) atoms. The first-order valence-corrected chi connectivity index (χ1v) is 7.94. The summed E-state index contributed by atoms with van der Waals surface area (Å²) in [5, 5.41) is 21.2. The standard InChI is InChI=1S/C17H24N2O4/c20-13-17(11-14-5-2-1-3-6-14)8-4-10-19(12-17)16(23)18-9-7-15(21)22/h1-3,5-6,20H,4,7-13H2,(H,18,23)(H,21,22). The Balaban J connectivity index is 1.96. The van der Waals surface area contributed by atoms with E-state index in [-0.39, 0.29) is 31.0 Å². The molecular weight excluding hydrogens is 296 g/mol. The van der Waals surface area contributed by atoms with Gasteiger partial charge in [-0.2, -0.15) is 0 Å². The third kappa shape index (κ3) is 4.96. The maximum absolute atomic E-state index is 12.2. The molecule has 3 N–H and O–H groups in total. The van der Waals surface area contributed by atoms with Crippen LogP contribution in [0.1, 0.15) is 24.8 Å². The Labute approximate surface area is 136 Å². The molecule has 126 valence electrons. The summed E-state index contributed by atoms with van der Waals surface area (Å²) in [5.74, 6) is -0.933. The molecular formula is C17H24N2O4. The van der Waals surface area contributed by atoms with Crippen LogP contribution in [0.15, 0.2) is 30.3 Å². The van der Waals surface area contributed by atoms with Crippen LogP contribution in [-0.4, -0.2) is 53.4 Å². The molecule has 0 bridgehead atoms. The van der Waals surface area contributed by atoms with Crippen molar-refractivity contribution in [2.45, 2.75) is 25.7 Å². The SMILES string of the molecule is O=C(O)CCNC(=O)N1CCCC(CO)(Cc2ccccc2)C1. The van der Waals surface area contributed by atoms with E-state index in [2.05, 4.69) is 5.32 Å². The van der Waals surface area contributed by atoms with Crippen LogP contribution in [-0.2, 0) is 11.2 Å². The summed E-state index contributed by atoms with van der Waals surface area (Å²) in [6.45, 7) is 1.27. The third-order valence-corrected chi connectivity index (χ3v) is 4.32. The predicted molar refractivity (Wildman–Crippen MR) is 86.1 cm³/mol. The van der Waals surface area contributed by atoms with Crippen LogP contribution >= 0.6 is 0 Å². The summed E-state index contributed by atoms with van der Waals surface area (Å²) in [6, 6.07) is 9.71. The second-order valence-electron chi connectivity index (χ2n) is 6.22. The van der Waals surface area contributed by atoms with Crippen molar-refractivity contribution in [1.29, 1.82) is 0 Å². The van der Waals surface area contributed by atoms with Crippen LogP contribution in [0.2, 0.25) is 0 Å². The largest absolute Gasteiger partial charge is 0.481 e. The topological polar surface area (TPSA) is 89.9 Å². The molecule has 0 radical (unpaired) electrons. The van der Waals surface area contributed by atoms with Gasteiger partial charge in [0.2, 0.25) is 0 Å². The van der Waals surface area contributed by atoms with Crippen LogP contribution in [0.25, 0.3) is 0 Å². The highest BCUT2D eigenvalue weighted by molar-refractivity contribution is 5.75. The summed E-state index contributed by atoms with van der Waals surface area (Å²) in [5.41, 5.74) is 0.818. The van der Waals surface area contributed by atoms with Crippen LogP contribution < -0.4 is 5.32 Å². The quantitative estimate of drug-likeness (QED) is 0.741. The lowest BCUT2D eigenvalue weighted by molar-refractivity contribution is -0.136. The number of aliphatic hydroxyl groups excluding tert-OH is 1. The Morgan fingerprint density at radius 2 is 2.00 bits per heavy atom. The number of rotatable bonds is 6. The molecule has 1 unspecified atom stereocenters. The van der Waals surface area contributed by atoms with Crippen LogP contribution in [0.3, 0.4) is 0 Å². The van der Waals surface area contributed by atoms with E-state index < -0.39 is 5.97 Å². The van der Waals surface area contributed by atoms with Crippen LogP contribution in [0.4, 0.5) is 4.79 Å². The fourth-order valence-electron chi connectivity index (χ4n) is 3.13. The molecule has 1 atom stereocenters. The number of carbonyl (C=O) groups excluding carboxylic acids is 1. The zero-order valence-electron chi connectivity index (χ0n) is 13.2. The van der Waals surface area contributed by atoms with E-state index >= 15 is 0 Å². The number of nitrogens with one attached hydrogen (secondary N) is 1. The van der Waals surface area contributed by atoms with Crippen molar-refractivity contribution in [3.63, 3.8) is 0 Å². The number of aliphatic hydroxyl groups is 1. The van der Waals surface area contributed by atoms with E-state index in [4.69, 9.17) is 5.11 Å². The number of aliphatic carboxylic acids is 1. The molecule has 1 heterocycles. The first-order valence-electron chi connectivity index (χ1n) is 7.94. The zero-order valence-corrected chi connectivity index (χ0v) is 13.2. The van der Waals surface area contributed by atoms with Gasteiger partial charge in [-0.25, -0.2) is 4.79 Å². The third-order valence-electron chi connectivity index (χ3n) is 4.32. The molecule has 1 saturated heterocycles. The number of urea groups is 1. The minimum absolute atomic E-state index is 0.0286. The van der Waals surface area contributed by atoms with Crippen molar-refractivity contribution in [3.05, 3.63) is 35.9 Å². The molecule has 2 rings (SSSR count). The average molecular weight is 320 g/mol. The van der Waals surface area contributed by atoms with Crippen molar-refractivity contribution in [1.82, 2.24) is 10.2 Å². The number of carbonyl (C=O) groups is 2. The van der Waals surface area contributed by atoms with Gasteiger partial charge in [-0.15, -0.1) is 0 Å². The highest BCUT2D eigenvalue weighted by Gasteiger charge is 2.36. The molecule has 6 nitrogen and oxygen atoms in total. The minimum Gasteiger partial charge on any atom is -0.481 e. The number of carboxylic acids is 1. The van der Waals surface area contributed by atoms with Crippen molar-refractivity contribution >= 4 is 12.0 Å². The fraction of sp³-hybridized carbons (Fsp3) is 0.529. The van der Waals surface area contributed by atoms with E-state index in [0.717, 1.165) is 24.8 Å². The van der Waals surface area contributed by atoms with E-state index in [1.807, 2.05) is 30.3 Å². The van der Waals surface area contributed by atoms with Crippen molar-refractivity contribution in [2.75, 3.05) is 26.2 Å². The summed E-state index contributed by atoms with van der Waals surface area (Å²) in [7, 11) is 0. The lowest BCUT2D eigenvalue weighted by Crippen LogP contribution is -2.52. The number of hydrogen-bond donors (Lipinski definition) is 3. The maximum atomic E-state index is 12.2. The molecule has 1 fully saturated rings. The number of carboxylic acid groups (broad SMARTS) is 1. The monoisotopic (exact) mass is 320 g/mol. The number of likely N-dealkylation sites (tertiary alicyclic amines) is 1. The predicted octanol–water partition coefficient (Wildman–Crippen LogP) is 1.49. The molecule has 1 aliphatic rings. The molecule has 1 aromatic rings. The summed E-state index contributed by atoms with van der Waals surface area (Å²) >= 11 is 0. The van der Waals surface area contributed by atoms with Crippen molar-refractivity contribution in [2.24, 2.45) is 5.41 Å². The van der Waals surface area contributed by atoms with Gasteiger partial charge in [0.1, 0.15) is 0 Å². The first kappa shape index (κ1) is 17.3. The molecule has 1 aliphatic heterocycles. The Hall–Kier alpha value is -2.08. The van der Waals surface area contributed by atoms with E-state index in [9.17, 15) is 14.7 Å². The molecule has 1 aromatic carbocycles. The number of piperidine rings is 1. The van der Waals surface area contributed by atoms with Gasteiger partial charge in [0, 0.05) is 25.0 Å². The molecule has 0 aromatic heterocycles. The second kappa shape index (κ2) is 7.97. The van der Waals surface area contributed by atoms with E-state index in [0.29, 0.717) is 13.1 Å². The molecule has 2 amide bonds. The molecule has 0 saturated carbocycles. The average Bonchev–Trinajstić information content (AvgIpc) is 2.55. The second-order valence-corrected chi connectivity index (χ2v) is 6.22. The summed E-state index contributed by atoms with van der Waals surface area (Å²) < 4.78 is 0. The number of amides is 2. The lowest BCUT2D eigenvalue weighted by Gasteiger charge is -2.42. The van der Waals surface area contributed by atoms with Crippen LogP contribution in [0, 0.1) is 5.41 Å². The molecule has 0 aliphatic carbocycles. The van der Waals surface area contributed by atoms with Gasteiger partial charge in [0.25, 0.3) is 0 Å². The normalized spacial score (nSPS) is 21.0. The fourth-order valence-corrected chi connectivity index (χ4v) is 3.13. The van der Waals surface area contributed by atoms with Gasteiger partial charge in [-0.3, -0.25) is 4.79 Å². The van der Waals surface area contributed by atoms with Crippen molar-refractivity contribution in [3.8, 4) is 0 Å². The van der Waals surface area contributed by atoms with Gasteiger partial charge in [-0.05, 0) is 24.8 Å². The Morgan fingerprint density at radius 3 is 2.65 bits per heavy atom. The van der Waals surface area contributed by atoms with Gasteiger partial charge in [-0.1, -0.05) is 30.3 Å². The van der Waals surface area contributed by atoms with E-state index in [1.165, 1.54) is 0 Å². The van der Waals surface area contributed by atoms with Gasteiger partial charge in [0.15, 0.2) is 0 Å².